The smallest absolute Gasteiger partial charge is 0.232 e. The average Bonchev–Trinajstić information content (AvgIpc) is 2.96. The van der Waals surface area contributed by atoms with Crippen molar-refractivity contribution in [3.8, 4) is 0 Å². The third-order valence-electron chi connectivity index (χ3n) is 7.54. The van der Waals surface area contributed by atoms with Crippen LogP contribution in [0.15, 0.2) is 91.3 Å². The fourth-order valence-corrected chi connectivity index (χ4v) is 5.65. The number of fused-ring (bicyclic) bond motifs is 1. The molecule has 1 unspecified atom stereocenters. The molecule has 3 aromatic carbocycles. The van der Waals surface area contributed by atoms with E-state index in [1.54, 1.807) is 0 Å². The first-order chi connectivity index (χ1) is 19.4. The largest absolute Gasteiger partial charge is 0.370 e. The molecule has 5 rings (SSSR count). The number of anilines is 3. The maximum Gasteiger partial charge on any atom is 0.232 e. The average molecular weight is 554 g/mol. The molecular weight excluding hydrogens is 518 g/mol. The normalized spacial score (nSPS) is 14.8. The Bertz CT molecular complexity index is 1440. The number of hydrogen-bond acceptors (Lipinski definition) is 5. The van der Waals surface area contributed by atoms with Crippen LogP contribution in [-0.2, 0) is 17.8 Å². The fourth-order valence-electron chi connectivity index (χ4n) is 5.52. The zero-order valence-electron chi connectivity index (χ0n) is 23.3. The second-order valence-electron chi connectivity index (χ2n) is 10.6. The molecule has 2 N–H and O–H groups in total. The van der Waals surface area contributed by atoms with Crippen LogP contribution in [0.3, 0.4) is 0 Å². The van der Waals surface area contributed by atoms with E-state index >= 15 is 0 Å². The number of hydrogen-bond donors (Lipinski definition) is 1. The van der Waals surface area contributed by atoms with Crippen molar-refractivity contribution in [1.82, 2.24) is 4.98 Å². The van der Waals surface area contributed by atoms with Crippen LogP contribution in [-0.4, -0.2) is 37.1 Å². The number of carbonyl (C=O) groups is 1. The van der Waals surface area contributed by atoms with E-state index in [-0.39, 0.29) is 11.9 Å². The molecule has 2 heterocycles. The van der Waals surface area contributed by atoms with Crippen molar-refractivity contribution in [2.45, 2.75) is 38.9 Å². The number of aromatic nitrogens is 1. The lowest BCUT2D eigenvalue weighted by atomic mass is 9.86. The van der Waals surface area contributed by atoms with Crippen molar-refractivity contribution >= 4 is 34.6 Å². The number of nitrogens with two attached hydrogens (primary N) is 1. The molecule has 206 valence electrons. The minimum atomic E-state index is -0.277. The number of rotatable bonds is 9. The molecule has 0 bridgehead atoms. The number of benzene rings is 3. The van der Waals surface area contributed by atoms with Gasteiger partial charge in [0, 0.05) is 67.2 Å². The van der Waals surface area contributed by atoms with Crippen LogP contribution < -0.4 is 20.4 Å². The van der Waals surface area contributed by atoms with Crippen molar-refractivity contribution in [3.63, 3.8) is 0 Å². The minimum absolute atomic E-state index is 0.0702. The third-order valence-corrected chi connectivity index (χ3v) is 7.79. The van der Waals surface area contributed by atoms with Gasteiger partial charge in [-0.1, -0.05) is 29.8 Å². The first kappa shape index (κ1) is 27.7. The van der Waals surface area contributed by atoms with Crippen molar-refractivity contribution in [2.75, 3.05) is 34.8 Å². The molecular formula is C33H36ClN5O. The van der Waals surface area contributed by atoms with Gasteiger partial charge in [0.05, 0.1) is 12.5 Å². The molecule has 0 aliphatic carbocycles. The Morgan fingerprint density at radius 1 is 0.975 bits per heavy atom. The van der Waals surface area contributed by atoms with Crippen molar-refractivity contribution in [1.29, 1.82) is 0 Å². The second-order valence-corrected chi connectivity index (χ2v) is 11.0. The van der Waals surface area contributed by atoms with Gasteiger partial charge in [-0.25, -0.2) is 0 Å². The van der Waals surface area contributed by atoms with Gasteiger partial charge >= 0.3 is 0 Å². The van der Waals surface area contributed by atoms with Crippen molar-refractivity contribution in [2.24, 2.45) is 5.73 Å². The van der Waals surface area contributed by atoms with Crippen molar-refractivity contribution < 1.29 is 4.79 Å². The molecule has 0 saturated carbocycles. The fraction of sp³-hybridized carbons (Fsp3) is 0.273. The van der Waals surface area contributed by atoms with Crippen LogP contribution in [0.25, 0.3) is 0 Å². The van der Waals surface area contributed by atoms with E-state index in [0.717, 1.165) is 46.8 Å². The van der Waals surface area contributed by atoms with Crippen LogP contribution in [0.4, 0.5) is 17.1 Å². The maximum atomic E-state index is 13.8. The zero-order valence-corrected chi connectivity index (χ0v) is 24.1. The molecule has 4 aromatic rings. The quantitative estimate of drug-likeness (QED) is 0.266. The summed E-state index contributed by atoms with van der Waals surface area (Å²) in [5, 5.41) is 0.668. The highest BCUT2D eigenvalue weighted by Gasteiger charge is 2.35. The Balaban J connectivity index is 1.53. The topological polar surface area (TPSA) is 65.7 Å². The van der Waals surface area contributed by atoms with E-state index in [2.05, 4.69) is 66.0 Å². The predicted molar refractivity (Wildman–Crippen MR) is 165 cm³/mol. The van der Waals surface area contributed by atoms with Gasteiger partial charge in [0.15, 0.2) is 0 Å². The Hall–Kier alpha value is -3.87. The number of amides is 1. The molecule has 0 saturated heterocycles. The number of pyridine rings is 1. The molecule has 40 heavy (non-hydrogen) atoms. The first-order valence-electron chi connectivity index (χ1n) is 13.7. The van der Waals surface area contributed by atoms with E-state index in [9.17, 15) is 4.79 Å². The number of nitrogens with zero attached hydrogens (tertiary/aromatic N) is 4. The van der Waals surface area contributed by atoms with Crippen LogP contribution in [0.1, 0.15) is 42.1 Å². The second kappa shape index (κ2) is 12.1. The highest BCUT2D eigenvalue weighted by Crippen LogP contribution is 2.41. The summed E-state index contributed by atoms with van der Waals surface area (Å²) in [6.07, 6.45) is 3.97. The van der Waals surface area contributed by atoms with Crippen LogP contribution >= 0.6 is 11.6 Å². The molecule has 0 radical (unpaired) electrons. The van der Waals surface area contributed by atoms with Gasteiger partial charge in [-0.05, 0) is 96.8 Å². The summed E-state index contributed by atoms with van der Waals surface area (Å²) in [7, 11) is 2.07. The molecule has 6 nitrogen and oxygen atoms in total. The monoisotopic (exact) mass is 553 g/mol. The summed E-state index contributed by atoms with van der Waals surface area (Å²) < 4.78 is 0. The first-order valence-corrected chi connectivity index (χ1v) is 14.1. The molecule has 7 heteroatoms. The van der Waals surface area contributed by atoms with Gasteiger partial charge in [-0.3, -0.25) is 9.78 Å². The molecule has 0 spiro atoms. The van der Waals surface area contributed by atoms with E-state index in [0.29, 0.717) is 24.0 Å². The highest BCUT2D eigenvalue weighted by atomic mass is 35.5. The summed E-state index contributed by atoms with van der Waals surface area (Å²) in [6.45, 7) is 6.45. The SMILES string of the molecule is CC(C)N(CCN)c1ccc2c(c1)C(c1ccc(Cl)cc1)N(c1ccc(N(C)Cc3ccncc3)cc1)C(=O)C2. The van der Waals surface area contributed by atoms with Gasteiger partial charge in [0.25, 0.3) is 0 Å². The van der Waals surface area contributed by atoms with Gasteiger partial charge in [0.2, 0.25) is 5.91 Å². The molecule has 1 amide bonds. The van der Waals surface area contributed by atoms with Gasteiger partial charge in [0.1, 0.15) is 0 Å². The zero-order chi connectivity index (χ0) is 28.2. The summed E-state index contributed by atoms with van der Waals surface area (Å²) >= 11 is 6.27. The van der Waals surface area contributed by atoms with Gasteiger partial charge < -0.3 is 20.4 Å². The standard InChI is InChI=1S/C33H36ClN5O/c1-23(2)38(19-16-35)30-9-6-26-20-32(40)39(33(31(26)21-30)25-4-7-27(34)8-5-25)29-12-10-28(11-13-29)37(3)22-24-14-17-36-18-15-24/h4-15,17-18,21,23,33H,16,19-20,22,35H2,1-3H3. The number of halogens is 1. The Kier molecular flexibility index (Phi) is 8.38. The van der Waals surface area contributed by atoms with Crippen LogP contribution in [0, 0.1) is 0 Å². The summed E-state index contributed by atoms with van der Waals surface area (Å²) in [5.74, 6) is 0.0702. The third kappa shape index (κ3) is 5.83. The van der Waals surface area contributed by atoms with Crippen LogP contribution in [0.5, 0.6) is 0 Å². The molecule has 1 aliphatic heterocycles. The lowest BCUT2D eigenvalue weighted by Gasteiger charge is -2.39. The minimum Gasteiger partial charge on any atom is -0.370 e. The Morgan fingerprint density at radius 2 is 1.65 bits per heavy atom. The Morgan fingerprint density at radius 3 is 2.30 bits per heavy atom. The van der Waals surface area contributed by atoms with Gasteiger partial charge in [-0.15, -0.1) is 0 Å². The highest BCUT2D eigenvalue weighted by molar-refractivity contribution is 6.30. The van der Waals surface area contributed by atoms with E-state index in [1.165, 1.54) is 5.56 Å². The molecule has 1 aromatic heterocycles. The van der Waals surface area contributed by atoms with Gasteiger partial charge in [-0.2, -0.15) is 0 Å². The number of carbonyl (C=O) groups excluding carboxylic acids is 1. The summed E-state index contributed by atoms with van der Waals surface area (Å²) in [4.78, 5) is 24.3. The van der Waals surface area contributed by atoms with E-state index in [1.807, 2.05) is 65.8 Å². The lowest BCUT2D eigenvalue weighted by Crippen LogP contribution is -2.41. The van der Waals surface area contributed by atoms with Crippen molar-refractivity contribution in [3.05, 3.63) is 119 Å². The molecule has 0 fully saturated rings. The Labute approximate surface area is 242 Å². The molecule has 1 atom stereocenters. The van der Waals surface area contributed by atoms with Crippen LogP contribution in [0.2, 0.25) is 5.02 Å². The lowest BCUT2D eigenvalue weighted by molar-refractivity contribution is -0.118. The van der Waals surface area contributed by atoms with E-state index in [4.69, 9.17) is 17.3 Å². The predicted octanol–water partition coefficient (Wildman–Crippen LogP) is 6.22. The molecule has 1 aliphatic rings. The van der Waals surface area contributed by atoms with E-state index < -0.39 is 0 Å². The summed E-state index contributed by atoms with van der Waals surface area (Å²) in [5.41, 5.74) is 13.4. The maximum absolute atomic E-state index is 13.8. The summed E-state index contributed by atoms with van der Waals surface area (Å²) in [6, 6.07) is 26.6.